The van der Waals surface area contributed by atoms with Crippen molar-refractivity contribution in [2.45, 2.75) is 25.7 Å². The molecule has 0 aromatic rings. The highest BCUT2D eigenvalue weighted by atomic mass is 14.9. The second kappa shape index (κ2) is 0.929. The maximum Gasteiger partial charge on any atom is 0.0135 e. The van der Waals surface area contributed by atoms with Gasteiger partial charge in [-0.1, -0.05) is 25.0 Å². The molecule has 2 atom stereocenters. The lowest BCUT2D eigenvalue weighted by molar-refractivity contribution is 0.310. The van der Waals surface area contributed by atoms with Crippen LogP contribution in [0.1, 0.15) is 25.7 Å². The van der Waals surface area contributed by atoms with Gasteiger partial charge in [0.15, 0.2) is 0 Å². The predicted molar refractivity (Wildman–Crippen MR) is 39.5 cm³/mol. The van der Waals surface area contributed by atoms with Crippen molar-refractivity contribution < 1.29 is 0 Å². The minimum absolute atomic E-state index is 0.782. The molecular weight excluding hydrogens is 120 g/mol. The van der Waals surface area contributed by atoms with Gasteiger partial charge in [0, 0.05) is 5.41 Å². The van der Waals surface area contributed by atoms with E-state index in [1.807, 2.05) is 0 Å². The maximum atomic E-state index is 2.45. The molecular formula is C10H12. The molecule has 0 N–H and O–H groups in total. The Morgan fingerprint density at radius 1 is 1.00 bits per heavy atom. The molecule has 0 aromatic heterocycles. The molecule has 10 heavy (non-hydrogen) atoms. The quantitative estimate of drug-likeness (QED) is 0.444. The van der Waals surface area contributed by atoms with Crippen molar-refractivity contribution in [3.05, 3.63) is 12.2 Å². The van der Waals surface area contributed by atoms with Gasteiger partial charge in [-0.15, -0.1) is 0 Å². The van der Waals surface area contributed by atoms with E-state index in [-0.39, 0.29) is 0 Å². The zero-order valence-electron chi connectivity index (χ0n) is 6.14. The molecule has 0 amide bonds. The molecule has 3 saturated carbocycles. The van der Waals surface area contributed by atoms with Gasteiger partial charge in [0.25, 0.3) is 0 Å². The summed E-state index contributed by atoms with van der Waals surface area (Å²) in [7, 11) is 0. The third-order valence-corrected chi connectivity index (χ3v) is 4.52. The Kier molecular flexibility index (Phi) is 0.426. The van der Waals surface area contributed by atoms with Crippen molar-refractivity contribution in [1.82, 2.24) is 0 Å². The summed E-state index contributed by atoms with van der Waals surface area (Å²) in [5.41, 5.74) is 1.72. The van der Waals surface area contributed by atoms with Crippen LogP contribution in [-0.4, -0.2) is 0 Å². The van der Waals surface area contributed by atoms with E-state index < -0.39 is 0 Å². The lowest BCUT2D eigenvalue weighted by Gasteiger charge is -2.19. The maximum absolute atomic E-state index is 2.45. The van der Waals surface area contributed by atoms with E-state index in [0.29, 0.717) is 0 Å². The smallest absolute Gasteiger partial charge is 0.0135 e. The molecule has 0 radical (unpaired) electrons. The first-order valence-electron chi connectivity index (χ1n) is 4.61. The number of fused-ring (bicyclic) bond motifs is 5. The molecule has 4 rings (SSSR count). The van der Waals surface area contributed by atoms with Gasteiger partial charge >= 0.3 is 0 Å². The molecule has 0 saturated heterocycles. The Bertz CT molecular complexity index is 223. The van der Waals surface area contributed by atoms with E-state index in [1.54, 1.807) is 12.8 Å². The van der Waals surface area contributed by atoms with E-state index in [4.69, 9.17) is 0 Å². The minimum Gasteiger partial charge on any atom is -0.0770 e. The van der Waals surface area contributed by atoms with Crippen LogP contribution in [0.25, 0.3) is 0 Å². The summed E-state index contributed by atoms with van der Waals surface area (Å²) in [6, 6.07) is 0. The fraction of sp³-hybridized carbons (Fsp3) is 0.800. The van der Waals surface area contributed by atoms with E-state index in [0.717, 1.165) is 10.8 Å². The number of rotatable bonds is 0. The van der Waals surface area contributed by atoms with Crippen LogP contribution >= 0.6 is 0 Å². The topological polar surface area (TPSA) is 0 Å². The first-order chi connectivity index (χ1) is 4.90. The number of allylic oxidation sites excluding steroid dienone is 2. The Balaban J connectivity index is 1.68. The van der Waals surface area contributed by atoms with Gasteiger partial charge in [0.1, 0.15) is 0 Å². The lowest BCUT2D eigenvalue weighted by Crippen LogP contribution is -2.14. The van der Waals surface area contributed by atoms with Gasteiger partial charge in [-0.05, 0) is 30.1 Å². The van der Waals surface area contributed by atoms with Gasteiger partial charge in [0.2, 0.25) is 0 Å². The Hall–Kier alpha value is -0.260. The molecule has 4 aliphatic rings. The molecule has 0 nitrogen and oxygen atoms in total. The molecule has 0 aliphatic heterocycles. The molecule has 0 aromatic carbocycles. The third kappa shape index (κ3) is 0.247. The summed E-state index contributed by atoms with van der Waals surface area (Å²) < 4.78 is 0. The molecule has 0 heteroatoms. The fourth-order valence-electron chi connectivity index (χ4n) is 3.98. The zero-order chi connectivity index (χ0) is 6.40. The molecule has 0 heterocycles. The molecule has 4 aliphatic carbocycles. The van der Waals surface area contributed by atoms with Crippen LogP contribution < -0.4 is 0 Å². The number of hydrogen-bond acceptors (Lipinski definition) is 0. The standard InChI is InChI=1S/C10H12/c1-2-4-9(3-1)7-8(9)10(7)5-6-10/h5-8H,1-4H2. The van der Waals surface area contributed by atoms with Crippen molar-refractivity contribution in [2.24, 2.45) is 22.7 Å². The summed E-state index contributed by atoms with van der Waals surface area (Å²) in [5.74, 6) is 2.34. The van der Waals surface area contributed by atoms with Gasteiger partial charge in [-0.25, -0.2) is 0 Å². The Morgan fingerprint density at radius 2 is 1.60 bits per heavy atom. The molecule has 0 bridgehead atoms. The lowest BCUT2D eigenvalue weighted by atomic mass is 9.84. The monoisotopic (exact) mass is 132 g/mol. The van der Waals surface area contributed by atoms with E-state index in [9.17, 15) is 0 Å². The summed E-state index contributed by atoms with van der Waals surface area (Å²) in [4.78, 5) is 0. The Morgan fingerprint density at radius 3 is 2.10 bits per heavy atom. The Labute approximate surface area is 61.3 Å². The minimum atomic E-state index is 0.782. The second-order valence-electron chi connectivity index (χ2n) is 4.73. The zero-order valence-corrected chi connectivity index (χ0v) is 6.14. The van der Waals surface area contributed by atoms with Gasteiger partial charge < -0.3 is 0 Å². The van der Waals surface area contributed by atoms with Gasteiger partial charge in [-0.3, -0.25) is 0 Å². The van der Waals surface area contributed by atoms with Crippen molar-refractivity contribution >= 4 is 0 Å². The van der Waals surface area contributed by atoms with Crippen molar-refractivity contribution in [3.8, 4) is 0 Å². The molecule has 52 valence electrons. The first-order valence-corrected chi connectivity index (χ1v) is 4.61. The second-order valence-corrected chi connectivity index (χ2v) is 4.73. The van der Waals surface area contributed by atoms with Crippen molar-refractivity contribution in [3.63, 3.8) is 0 Å². The largest absolute Gasteiger partial charge is 0.0770 e. The van der Waals surface area contributed by atoms with Crippen LogP contribution in [0.3, 0.4) is 0 Å². The third-order valence-electron chi connectivity index (χ3n) is 4.52. The summed E-state index contributed by atoms with van der Waals surface area (Å²) in [6.07, 6.45) is 11.1. The van der Waals surface area contributed by atoms with Crippen LogP contribution in [0.4, 0.5) is 0 Å². The normalized spacial score (nSPS) is 53.6. The molecule has 3 fully saturated rings. The highest BCUT2D eigenvalue weighted by Gasteiger charge is 2.92. The van der Waals surface area contributed by atoms with Crippen LogP contribution in [0.15, 0.2) is 12.2 Å². The van der Waals surface area contributed by atoms with Crippen LogP contribution in [-0.2, 0) is 0 Å². The van der Waals surface area contributed by atoms with Crippen LogP contribution in [0.2, 0.25) is 0 Å². The van der Waals surface area contributed by atoms with Crippen molar-refractivity contribution in [1.29, 1.82) is 0 Å². The average molecular weight is 132 g/mol. The summed E-state index contributed by atoms with van der Waals surface area (Å²) >= 11 is 0. The molecule has 2 spiro atoms. The fourth-order valence-corrected chi connectivity index (χ4v) is 3.98. The van der Waals surface area contributed by atoms with E-state index >= 15 is 0 Å². The number of hydrogen-bond donors (Lipinski definition) is 0. The SMILES string of the molecule is C1=CC12C1C2C12CCCC2. The van der Waals surface area contributed by atoms with Crippen LogP contribution in [0, 0.1) is 22.7 Å². The van der Waals surface area contributed by atoms with Gasteiger partial charge in [-0.2, -0.15) is 0 Å². The summed E-state index contributed by atoms with van der Waals surface area (Å²) in [6.45, 7) is 0. The average Bonchev–Trinajstić information content (AvgIpc) is 2.80. The van der Waals surface area contributed by atoms with E-state index in [1.165, 1.54) is 24.7 Å². The summed E-state index contributed by atoms with van der Waals surface area (Å²) in [5, 5.41) is 0. The highest BCUT2D eigenvalue weighted by molar-refractivity contribution is 5.55. The highest BCUT2D eigenvalue weighted by Crippen LogP contribution is 2.96. The van der Waals surface area contributed by atoms with Crippen LogP contribution in [0.5, 0.6) is 0 Å². The van der Waals surface area contributed by atoms with Crippen molar-refractivity contribution in [2.75, 3.05) is 0 Å². The first kappa shape index (κ1) is 4.58. The van der Waals surface area contributed by atoms with E-state index in [2.05, 4.69) is 12.2 Å². The predicted octanol–water partition coefficient (Wildman–Crippen LogP) is 2.36. The molecule has 2 unspecified atom stereocenters. The van der Waals surface area contributed by atoms with Gasteiger partial charge in [0.05, 0.1) is 0 Å².